The molecule has 0 amide bonds. The van der Waals surface area contributed by atoms with E-state index < -0.39 is 0 Å². The predicted molar refractivity (Wildman–Crippen MR) is 97.5 cm³/mol. The van der Waals surface area contributed by atoms with Crippen molar-refractivity contribution in [3.63, 3.8) is 0 Å². The zero-order valence-corrected chi connectivity index (χ0v) is 14.3. The first-order valence-electron chi connectivity index (χ1n) is 8.68. The van der Waals surface area contributed by atoms with Crippen molar-refractivity contribution in [2.45, 2.75) is 44.7 Å². The van der Waals surface area contributed by atoms with Crippen LogP contribution in [0.3, 0.4) is 0 Å². The van der Waals surface area contributed by atoms with Crippen LogP contribution in [0.5, 0.6) is 0 Å². The molecule has 2 heteroatoms. The molecule has 2 nitrogen and oxygen atoms in total. The fourth-order valence-electron chi connectivity index (χ4n) is 3.89. The summed E-state index contributed by atoms with van der Waals surface area (Å²) in [5.74, 6) is 0. The zero-order chi connectivity index (χ0) is 16.3. The van der Waals surface area contributed by atoms with Gasteiger partial charge in [-0.1, -0.05) is 60.2 Å². The number of aryl methyl sites for hydroxylation is 1. The Morgan fingerprint density at radius 1 is 1.09 bits per heavy atom. The second-order valence-corrected chi connectivity index (χ2v) is 7.11. The van der Waals surface area contributed by atoms with Crippen LogP contribution in [0, 0.1) is 6.92 Å². The largest absolute Gasteiger partial charge is 0.330 e. The number of hydrogen-bond acceptors (Lipinski definition) is 2. The van der Waals surface area contributed by atoms with Crippen molar-refractivity contribution in [2.75, 3.05) is 13.1 Å². The van der Waals surface area contributed by atoms with Crippen LogP contribution in [0.25, 0.3) is 0 Å². The van der Waals surface area contributed by atoms with Gasteiger partial charge in [0.1, 0.15) is 0 Å². The quantitative estimate of drug-likeness (QED) is 0.929. The van der Waals surface area contributed by atoms with Crippen molar-refractivity contribution in [1.29, 1.82) is 0 Å². The number of nitrogens with two attached hydrogens (primary N) is 1. The highest BCUT2D eigenvalue weighted by Gasteiger charge is 2.38. The third-order valence-electron chi connectivity index (χ3n) is 5.47. The smallest absolute Gasteiger partial charge is 0.0236 e. The summed E-state index contributed by atoms with van der Waals surface area (Å²) in [7, 11) is 0. The molecule has 0 saturated carbocycles. The van der Waals surface area contributed by atoms with Gasteiger partial charge in [0.2, 0.25) is 0 Å². The predicted octanol–water partition coefficient (Wildman–Crippen LogP) is 3.88. The third-order valence-corrected chi connectivity index (χ3v) is 5.47. The van der Waals surface area contributed by atoms with Gasteiger partial charge in [0, 0.05) is 24.5 Å². The van der Waals surface area contributed by atoms with Crippen molar-refractivity contribution in [3.8, 4) is 0 Å². The third kappa shape index (κ3) is 3.49. The van der Waals surface area contributed by atoms with Crippen LogP contribution in [0.15, 0.2) is 54.6 Å². The molecule has 1 heterocycles. The average molecular weight is 308 g/mol. The van der Waals surface area contributed by atoms with Crippen LogP contribution in [0.1, 0.15) is 36.5 Å². The molecule has 2 atom stereocenters. The molecule has 122 valence electrons. The van der Waals surface area contributed by atoms with Gasteiger partial charge in [0.25, 0.3) is 0 Å². The molecular formula is C21H28N2. The van der Waals surface area contributed by atoms with Gasteiger partial charge in [-0.2, -0.15) is 0 Å². The monoisotopic (exact) mass is 308 g/mol. The first-order valence-corrected chi connectivity index (χ1v) is 8.68. The number of nitrogens with zero attached hydrogens (tertiary/aromatic N) is 1. The Morgan fingerprint density at radius 3 is 2.39 bits per heavy atom. The Bertz CT molecular complexity index is 620. The van der Waals surface area contributed by atoms with Crippen molar-refractivity contribution >= 4 is 0 Å². The summed E-state index contributed by atoms with van der Waals surface area (Å²) in [4.78, 5) is 2.60. The van der Waals surface area contributed by atoms with Gasteiger partial charge in [-0.15, -0.1) is 0 Å². The second kappa shape index (κ2) is 6.86. The van der Waals surface area contributed by atoms with Crippen molar-refractivity contribution in [2.24, 2.45) is 5.73 Å². The number of hydrogen-bond donors (Lipinski definition) is 1. The van der Waals surface area contributed by atoms with Crippen LogP contribution in [-0.2, 0) is 12.0 Å². The van der Waals surface area contributed by atoms with Gasteiger partial charge in [0.15, 0.2) is 0 Å². The van der Waals surface area contributed by atoms with Crippen LogP contribution in [0.4, 0.5) is 0 Å². The Morgan fingerprint density at radius 2 is 1.78 bits per heavy atom. The summed E-state index contributed by atoms with van der Waals surface area (Å²) in [6, 6.07) is 20.3. The summed E-state index contributed by atoms with van der Waals surface area (Å²) in [6.07, 6.45) is 2.28. The van der Waals surface area contributed by atoms with E-state index in [1.807, 2.05) is 0 Å². The molecule has 1 aliphatic rings. The van der Waals surface area contributed by atoms with Crippen LogP contribution in [0.2, 0.25) is 0 Å². The lowest BCUT2D eigenvalue weighted by atomic mass is 9.70. The molecule has 0 bridgehead atoms. The van der Waals surface area contributed by atoms with E-state index >= 15 is 0 Å². The first kappa shape index (κ1) is 16.2. The number of piperidine rings is 1. The molecule has 2 aromatic carbocycles. The van der Waals surface area contributed by atoms with Gasteiger partial charge >= 0.3 is 0 Å². The lowest BCUT2D eigenvalue weighted by Crippen LogP contribution is -2.50. The highest BCUT2D eigenvalue weighted by molar-refractivity contribution is 5.28. The molecule has 2 aromatic rings. The van der Waals surface area contributed by atoms with Crippen LogP contribution in [-0.4, -0.2) is 24.0 Å². The lowest BCUT2D eigenvalue weighted by molar-refractivity contribution is 0.0985. The summed E-state index contributed by atoms with van der Waals surface area (Å²) in [5, 5.41) is 0. The number of likely N-dealkylation sites (tertiary alicyclic amines) is 1. The molecule has 0 unspecified atom stereocenters. The molecular weight excluding hydrogens is 280 g/mol. The minimum atomic E-state index is 0.143. The molecule has 23 heavy (non-hydrogen) atoms. The van der Waals surface area contributed by atoms with E-state index in [4.69, 9.17) is 5.73 Å². The van der Waals surface area contributed by atoms with Crippen LogP contribution < -0.4 is 5.73 Å². The van der Waals surface area contributed by atoms with E-state index in [9.17, 15) is 0 Å². The van der Waals surface area contributed by atoms with Gasteiger partial charge in [-0.05, 0) is 44.4 Å². The zero-order valence-electron chi connectivity index (χ0n) is 14.3. The molecule has 0 spiro atoms. The summed E-state index contributed by atoms with van der Waals surface area (Å²) in [5.41, 5.74) is 10.5. The van der Waals surface area contributed by atoms with E-state index in [1.54, 1.807) is 0 Å². The molecule has 0 aromatic heterocycles. The maximum atomic E-state index is 6.23. The molecule has 2 N–H and O–H groups in total. The van der Waals surface area contributed by atoms with E-state index in [0.29, 0.717) is 6.04 Å². The fourth-order valence-corrected chi connectivity index (χ4v) is 3.89. The second-order valence-electron chi connectivity index (χ2n) is 7.11. The normalized spacial score (nSPS) is 25.4. The Kier molecular flexibility index (Phi) is 4.84. The highest BCUT2D eigenvalue weighted by Crippen LogP contribution is 2.37. The SMILES string of the molecule is Cc1ccc(CN2CC[C@](CN)(c3ccccc3)C[C@@H]2C)cc1. The molecule has 0 aliphatic carbocycles. The fraction of sp³-hybridized carbons (Fsp3) is 0.429. The van der Waals surface area contributed by atoms with Crippen molar-refractivity contribution < 1.29 is 0 Å². The topological polar surface area (TPSA) is 29.3 Å². The number of rotatable bonds is 4. The number of benzene rings is 2. The van der Waals surface area contributed by atoms with Crippen molar-refractivity contribution in [3.05, 3.63) is 71.3 Å². The summed E-state index contributed by atoms with van der Waals surface area (Å²) < 4.78 is 0. The standard InChI is InChI=1S/C21H28N2/c1-17-8-10-19(11-9-17)15-23-13-12-21(16-22,14-18(23)2)20-6-4-3-5-7-20/h3-11,18H,12-16,22H2,1-2H3/t18-,21-/m0/s1. The summed E-state index contributed by atoms with van der Waals surface area (Å²) >= 11 is 0. The molecule has 1 saturated heterocycles. The minimum Gasteiger partial charge on any atom is -0.330 e. The maximum absolute atomic E-state index is 6.23. The van der Waals surface area contributed by atoms with Gasteiger partial charge in [0.05, 0.1) is 0 Å². The average Bonchev–Trinajstić information content (AvgIpc) is 2.59. The Labute approximate surface area is 140 Å². The summed E-state index contributed by atoms with van der Waals surface area (Å²) in [6.45, 7) is 7.38. The lowest BCUT2D eigenvalue weighted by Gasteiger charge is -2.45. The Hall–Kier alpha value is -1.64. The molecule has 3 rings (SSSR count). The van der Waals surface area contributed by atoms with Crippen LogP contribution >= 0.6 is 0 Å². The first-order chi connectivity index (χ1) is 11.1. The van der Waals surface area contributed by atoms with E-state index in [1.165, 1.54) is 16.7 Å². The van der Waals surface area contributed by atoms with Crippen molar-refractivity contribution in [1.82, 2.24) is 4.90 Å². The Balaban J connectivity index is 1.72. The minimum absolute atomic E-state index is 0.143. The molecule has 0 radical (unpaired) electrons. The van der Waals surface area contributed by atoms with Gasteiger partial charge in [-0.25, -0.2) is 0 Å². The van der Waals surface area contributed by atoms with E-state index in [2.05, 4.69) is 73.3 Å². The van der Waals surface area contributed by atoms with E-state index in [0.717, 1.165) is 32.5 Å². The molecule has 1 fully saturated rings. The molecule has 1 aliphatic heterocycles. The van der Waals surface area contributed by atoms with E-state index in [-0.39, 0.29) is 5.41 Å². The maximum Gasteiger partial charge on any atom is 0.0236 e. The highest BCUT2D eigenvalue weighted by atomic mass is 15.2. The van der Waals surface area contributed by atoms with Gasteiger partial charge < -0.3 is 5.73 Å². The van der Waals surface area contributed by atoms with Gasteiger partial charge in [-0.3, -0.25) is 4.90 Å².